The summed E-state index contributed by atoms with van der Waals surface area (Å²) in [6.45, 7) is 5.67. The van der Waals surface area contributed by atoms with Crippen molar-refractivity contribution in [3.8, 4) is 6.07 Å². The molecule has 15 heavy (non-hydrogen) atoms. The molecule has 0 spiro atoms. The summed E-state index contributed by atoms with van der Waals surface area (Å²) in [6, 6.07) is 1.98. The van der Waals surface area contributed by atoms with E-state index in [2.05, 4.69) is 6.07 Å². The zero-order valence-corrected chi connectivity index (χ0v) is 9.82. The van der Waals surface area contributed by atoms with Crippen LogP contribution in [0.5, 0.6) is 0 Å². The van der Waals surface area contributed by atoms with Gasteiger partial charge in [-0.05, 0) is 6.92 Å². The number of methoxy groups -OCH3 is 1. The maximum atomic E-state index is 11.5. The number of hydrogen-bond donors (Lipinski definition) is 0. The van der Waals surface area contributed by atoms with Gasteiger partial charge < -0.3 is 4.74 Å². The lowest BCUT2D eigenvalue weighted by molar-refractivity contribution is -0.123. The van der Waals surface area contributed by atoms with Crippen LogP contribution in [0.4, 0.5) is 0 Å². The highest BCUT2D eigenvalue weighted by Crippen LogP contribution is 2.03. The lowest BCUT2D eigenvalue weighted by Gasteiger charge is -2.26. The molecule has 0 bridgehead atoms. The molecule has 0 amide bonds. The first-order valence-corrected chi connectivity index (χ1v) is 5.30. The Labute approximate surface area is 91.8 Å². The largest absolute Gasteiger partial charge is 0.383 e. The predicted octanol–water partition coefficient (Wildman–Crippen LogP) is 1.22. The Morgan fingerprint density at radius 3 is 2.67 bits per heavy atom. The van der Waals surface area contributed by atoms with Gasteiger partial charge in [0, 0.05) is 33.0 Å². The molecule has 0 heterocycles. The summed E-state index contributed by atoms with van der Waals surface area (Å²) in [6.07, 6.45) is 0.988. The molecule has 4 heteroatoms. The third kappa shape index (κ3) is 5.50. The molecule has 0 fully saturated rings. The molecule has 0 radical (unpaired) electrons. The van der Waals surface area contributed by atoms with Gasteiger partial charge in [0.1, 0.15) is 5.78 Å². The molecule has 86 valence electrons. The van der Waals surface area contributed by atoms with Gasteiger partial charge in [-0.15, -0.1) is 0 Å². The van der Waals surface area contributed by atoms with Crippen LogP contribution in [0.2, 0.25) is 0 Å². The second-order valence-electron chi connectivity index (χ2n) is 3.43. The van der Waals surface area contributed by atoms with Gasteiger partial charge in [-0.3, -0.25) is 9.69 Å². The van der Waals surface area contributed by atoms with Gasteiger partial charge in [-0.2, -0.15) is 5.26 Å². The highest BCUT2D eigenvalue weighted by atomic mass is 16.5. The third-order valence-corrected chi connectivity index (χ3v) is 2.46. The fourth-order valence-electron chi connectivity index (χ4n) is 1.40. The maximum Gasteiger partial charge on any atom is 0.149 e. The van der Waals surface area contributed by atoms with Crippen LogP contribution in [0, 0.1) is 11.3 Å². The van der Waals surface area contributed by atoms with Crippen molar-refractivity contribution in [2.24, 2.45) is 0 Å². The Morgan fingerprint density at radius 2 is 2.20 bits per heavy atom. The molecule has 4 nitrogen and oxygen atoms in total. The van der Waals surface area contributed by atoms with E-state index in [-0.39, 0.29) is 11.8 Å². The van der Waals surface area contributed by atoms with Gasteiger partial charge in [-0.1, -0.05) is 6.92 Å². The first kappa shape index (κ1) is 14.1. The van der Waals surface area contributed by atoms with E-state index >= 15 is 0 Å². The van der Waals surface area contributed by atoms with Crippen LogP contribution < -0.4 is 0 Å². The number of nitriles is 1. The Bertz CT molecular complexity index is 223. The van der Waals surface area contributed by atoms with Crippen LogP contribution >= 0.6 is 0 Å². The quantitative estimate of drug-likeness (QED) is 0.607. The summed E-state index contributed by atoms with van der Waals surface area (Å²) < 4.78 is 4.98. The van der Waals surface area contributed by atoms with Crippen molar-refractivity contribution in [3.63, 3.8) is 0 Å². The SMILES string of the molecule is CCC(=O)C(C)N(CCC#N)CCOC. The molecular formula is C11H20N2O2. The molecule has 1 unspecified atom stereocenters. The topological polar surface area (TPSA) is 53.3 Å². The lowest BCUT2D eigenvalue weighted by Crippen LogP contribution is -2.41. The molecule has 0 saturated heterocycles. The molecule has 0 saturated carbocycles. The van der Waals surface area contributed by atoms with E-state index in [1.807, 2.05) is 18.7 Å². The summed E-state index contributed by atoms with van der Waals surface area (Å²) in [5, 5.41) is 8.53. The van der Waals surface area contributed by atoms with Crippen molar-refractivity contribution >= 4 is 5.78 Å². The second kappa shape index (κ2) is 8.39. The molecule has 0 aromatic heterocycles. The van der Waals surface area contributed by atoms with Crippen LogP contribution in [0.1, 0.15) is 26.7 Å². The number of ketones is 1. The van der Waals surface area contributed by atoms with Gasteiger partial charge in [0.25, 0.3) is 0 Å². The molecule has 1 atom stereocenters. The highest BCUT2D eigenvalue weighted by Gasteiger charge is 2.18. The van der Waals surface area contributed by atoms with E-state index in [1.54, 1.807) is 7.11 Å². The van der Waals surface area contributed by atoms with E-state index < -0.39 is 0 Å². The van der Waals surface area contributed by atoms with Crippen LogP contribution in [-0.2, 0) is 9.53 Å². The third-order valence-electron chi connectivity index (χ3n) is 2.46. The Balaban J connectivity index is 4.20. The van der Waals surface area contributed by atoms with Crippen molar-refractivity contribution in [2.75, 3.05) is 26.8 Å². The molecule has 0 N–H and O–H groups in total. The number of hydrogen-bond acceptors (Lipinski definition) is 4. The average Bonchev–Trinajstić information content (AvgIpc) is 2.27. The minimum absolute atomic E-state index is 0.113. The fourth-order valence-corrected chi connectivity index (χ4v) is 1.40. The summed E-state index contributed by atoms with van der Waals surface area (Å²) >= 11 is 0. The van der Waals surface area contributed by atoms with Crippen molar-refractivity contribution in [2.45, 2.75) is 32.7 Å². The monoisotopic (exact) mass is 212 g/mol. The van der Waals surface area contributed by atoms with Gasteiger partial charge in [0.2, 0.25) is 0 Å². The second-order valence-corrected chi connectivity index (χ2v) is 3.43. The summed E-state index contributed by atoms with van der Waals surface area (Å²) in [5.41, 5.74) is 0. The summed E-state index contributed by atoms with van der Waals surface area (Å²) in [5.74, 6) is 0.212. The first-order chi connectivity index (χ1) is 7.17. The minimum Gasteiger partial charge on any atom is -0.383 e. The molecule has 0 aliphatic carbocycles. The van der Waals surface area contributed by atoms with Crippen LogP contribution in [-0.4, -0.2) is 43.5 Å². The van der Waals surface area contributed by atoms with E-state index in [9.17, 15) is 4.79 Å². The molecule has 0 rings (SSSR count). The number of nitrogens with zero attached hydrogens (tertiary/aromatic N) is 2. The zero-order valence-electron chi connectivity index (χ0n) is 9.82. The Hall–Kier alpha value is -0.920. The first-order valence-electron chi connectivity index (χ1n) is 5.30. The molecule has 0 aromatic rings. The minimum atomic E-state index is -0.113. The maximum absolute atomic E-state index is 11.5. The molecular weight excluding hydrogens is 192 g/mol. The number of ether oxygens (including phenoxy) is 1. The Morgan fingerprint density at radius 1 is 1.53 bits per heavy atom. The molecule has 0 aliphatic rings. The van der Waals surface area contributed by atoms with Crippen molar-refractivity contribution < 1.29 is 9.53 Å². The molecule has 0 aromatic carbocycles. The van der Waals surface area contributed by atoms with Gasteiger partial charge in [0.05, 0.1) is 18.7 Å². The number of carbonyl (C=O) groups is 1. The Kier molecular flexibility index (Phi) is 7.88. The summed E-state index contributed by atoms with van der Waals surface area (Å²) in [7, 11) is 1.63. The van der Waals surface area contributed by atoms with Gasteiger partial charge in [0.15, 0.2) is 0 Å². The van der Waals surface area contributed by atoms with Crippen molar-refractivity contribution in [1.82, 2.24) is 4.90 Å². The fraction of sp³-hybridized carbons (Fsp3) is 0.818. The number of carbonyl (C=O) groups excluding carboxylic acids is 1. The lowest BCUT2D eigenvalue weighted by atomic mass is 10.1. The van der Waals surface area contributed by atoms with Crippen LogP contribution in [0.25, 0.3) is 0 Å². The van der Waals surface area contributed by atoms with E-state index in [1.165, 1.54) is 0 Å². The van der Waals surface area contributed by atoms with E-state index in [4.69, 9.17) is 10.00 Å². The van der Waals surface area contributed by atoms with E-state index in [0.29, 0.717) is 32.5 Å². The van der Waals surface area contributed by atoms with Crippen LogP contribution in [0.3, 0.4) is 0 Å². The molecule has 0 aliphatic heterocycles. The van der Waals surface area contributed by atoms with Crippen LogP contribution in [0.15, 0.2) is 0 Å². The normalized spacial score (nSPS) is 12.5. The van der Waals surface area contributed by atoms with Gasteiger partial charge >= 0.3 is 0 Å². The number of Topliss-reactive ketones (excluding diaryl/α,β-unsaturated/α-hetero) is 1. The van der Waals surface area contributed by atoms with Crippen molar-refractivity contribution in [3.05, 3.63) is 0 Å². The highest BCUT2D eigenvalue weighted by molar-refractivity contribution is 5.83. The number of rotatable bonds is 8. The van der Waals surface area contributed by atoms with Gasteiger partial charge in [-0.25, -0.2) is 0 Å². The zero-order chi connectivity index (χ0) is 11.7. The van der Waals surface area contributed by atoms with E-state index in [0.717, 1.165) is 0 Å². The standard InChI is InChI=1S/C11H20N2O2/c1-4-11(14)10(2)13(7-5-6-12)8-9-15-3/h10H,4-5,7-9H2,1-3H3. The average molecular weight is 212 g/mol. The summed E-state index contributed by atoms with van der Waals surface area (Å²) in [4.78, 5) is 13.5. The van der Waals surface area contributed by atoms with Crippen molar-refractivity contribution in [1.29, 1.82) is 5.26 Å². The smallest absolute Gasteiger partial charge is 0.149 e. The predicted molar refractivity (Wildman–Crippen MR) is 58.4 cm³/mol.